The number of guanidine groups is 1. The highest BCUT2D eigenvalue weighted by Gasteiger charge is 2.16. The van der Waals surface area contributed by atoms with E-state index in [1.807, 2.05) is 43.5 Å². The van der Waals surface area contributed by atoms with Crippen molar-refractivity contribution in [2.75, 3.05) is 20.8 Å². The topological polar surface area (TPSA) is 77.0 Å². The van der Waals surface area contributed by atoms with E-state index in [1.54, 1.807) is 14.2 Å². The largest absolute Gasteiger partial charge is 0.493 e. The van der Waals surface area contributed by atoms with E-state index in [2.05, 4.69) is 20.6 Å². The second-order valence-electron chi connectivity index (χ2n) is 7.27. The van der Waals surface area contributed by atoms with Crippen LogP contribution in [0.5, 0.6) is 17.4 Å². The second kappa shape index (κ2) is 13.2. The van der Waals surface area contributed by atoms with Crippen molar-refractivity contribution >= 4 is 29.9 Å². The van der Waals surface area contributed by atoms with Crippen LogP contribution in [0.3, 0.4) is 0 Å². The molecule has 7 nitrogen and oxygen atoms in total. The van der Waals surface area contributed by atoms with Gasteiger partial charge >= 0.3 is 0 Å². The highest BCUT2D eigenvalue weighted by Crippen LogP contribution is 2.27. The Hall–Kier alpha value is -2.23. The molecule has 1 aromatic heterocycles. The van der Waals surface area contributed by atoms with Gasteiger partial charge in [-0.05, 0) is 55.9 Å². The lowest BCUT2D eigenvalue weighted by Gasteiger charge is -2.13. The van der Waals surface area contributed by atoms with Crippen LogP contribution in [0.25, 0.3) is 0 Å². The quantitative estimate of drug-likeness (QED) is 0.281. The molecule has 0 bridgehead atoms. The van der Waals surface area contributed by atoms with Crippen LogP contribution in [-0.2, 0) is 13.1 Å². The molecule has 0 unspecified atom stereocenters. The number of nitrogens with zero attached hydrogens (tertiary/aromatic N) is 2. The Morgan fingerprint density at radius 3 is 2.42 bits per heavy atom. The summed E-state index contributed by atoms with van der Waals surface area (Å²) in [5.74, 6) is 2.88. The minimum Gasteiger partial charge on any atom is -0.493 e. The van der Waals surface area contributed by atoms with Gasteiger partial charge in [-0.15, -0.1) is 24.0 Å². The first-order chi connectivity index (χ1) is 14.7. The van der Waals surface area contributed by atoms with Crippen LogP contribution in [0.15, 0.2) is 41.5 Å². The fraction of sp³-hybridized carbons (Fsp3) is 0.478. The molecule has 2 N–H and O–H groups in total. The molecule has 1 aliphatic carbocycles. The lowest BCUT2D eigenvalue weighted by molar-refractivity contribution is 0.201. The third-order valence-corrected chi connectivity index (χ3v) is 5.06. The summed E-state index contributed by atoms with van der Waals surface area (Å²) in [5, 5.41) is 6.62. The van der Waals surface area contributed by atoms with Crippen molar-refractivity contribution in [3.05, 3.63) is 47.7 Å². The highest BCUT2D eigenvalue weighted by atomic mass is 127. The standard InChI is InChI=1S/C23H32N4O3.HI/c1-4-24-23(26-14-17-9-11-20(28-2)21(13-17)29-3)27-16-18-10-12-22(25-15-18)30-19-7-5-6-8-19;/h9-13,15,19H,4-8,14,16H2,1-3H3,(H2,24,26,27);1H. The number of nitrogens with one attached hydrogen (secondary N) is 2. The molecule has 0 radical (unpaired) electrons. The summed E-state index contributed by atoms with van der Waals surface area (Å²) < 4.78 is 16.6. The number of benzene rings is 1. The molecule has 1 saturated carbocycles. The summed E-state index contributed by atoms with van der Waals surface area (Å²) in [6, 6.07) is 9.83. The van der Waals surface area contributed by atoms with Crippen molar-refractivity contribution in [3.8, 4) is 17.4 Å². The lowest BCUT2D eigenvalue weighted by atomic mass is 10.2. The number of methoxy groups -OCH3 is 2. The van der Waals surface area contributed by atoms with Gasteiger partial charge in [-0.1, -0.05) is 12.1 Å². The maximum Gasteiger partial charge on any atom is 0.213 e. The molecule has 1 fully saturated rings. The molecule has 1 aliphatic rings. The molecule has 0 spiro atoms. The normalized spacial score (nSPS) is 14.0. The second-order valence-corrected chi connectivity index (χ2v) is 7.27. The Morgan fingerprint density at radius 2 is 1.77 bits per heavy atom. The SMILES string of the molecule is CCNC(=NCc1ccc(OC2CCCC2)nc1)NCc1ccc(OC)c(OC)c1.I. The number of aliphatic imine (C=N–C) groups is 1. The Labute approximate surface area is 202 Å². The molecular weight excluding hydrogens is 507 g/mol. The Bertz CT molecular complexity index is 824. The van der Waals surface area contributed by atoms with Gasteiger partial charge in [0.1, 0.15) is 6.10 Å². The van der Waals surface area contributed by atoms with Gasteiger partial charge in [0.2, 0.25) is 5.88 Å². The van der Waals surface area contributed by atoms with Crippen LogP contribution in [-0.4, -0.2) is 37.8 Å². The summed E-state index contributed by atoms with van der Waals surface area (Å²) >= 11 is 0. The lowest BCUT2D eigenvalue weighted by Crippen LogP contribution is -2.36. The monoisotopic (exact) mass is 540 g/mol. The predicted molar refractivity (Wildman–Crippen MR) is 134 cm³/mol. The van der Waals surface area contributed by atoms with Crippen molar-refractivity contribution in [3.63, 3.8) is 0 Å². The van der Waals surface area contributed by atoms with E-state index >= 15 is 0 Å². The molecule has 0 atom stereocenters. The van der Waals surface area contributed by atoms with E-state index in [0.717, 1.165) is 42.2 Å². The summed E-state index contributed by atoms with van der Waals surface area (Å²) in [6.07, 6.45) is 6.92. The molecule has 1 heterocycles. The molecule has 0 saturated heterocycles. The number of halogens is 1. The fourth-order valence-electron chi connectivity index (χ4n) is 3.44. The van der Waals surface area contributed by atoms with Gasteiger partial charge in [0.25, 0.3) is 0 Å². The van der Waals surface area contributed by atoms with E-state index in [9.17, 15) is 0 Å². The van der Waals surface area contributed by atoms with E-state index in [-0.39, 0.29) is 24.0 Å². The molecule has 0 amide bonds. The first-order valence-electron chi connectivity index (χ1n) is 10.6. The number of ether oxygens (including phenoxy) is 3. The smallest absolute Gasteiger partial charge is 0.213 e. The molecular formula is C23H33IN4O3. The number of hydrogen-bond acceptors (Lipinski definition) is 5. The summed E-state index contributed by atoms with van der Waals surface area (Å²) in [5.41, 5.74) is 2.12. The van der Waals surface area contributed by atoms with E-state index in [4.69, 9.17) is 14.2 Å². The summed E-state index contributed by atoms with van der Waals surface area (Å²) in [6.45, 7) is 3.99. The third-order valence-electron chi connectivity index (χ3n) is 5.06. The minimum atomic E-state index is 0. The molecule has 0 aliphatic heterocycles. The Kier molecular flexibility index (Phi) is 10.7. The zero-order chi connectivity index (χ0) is 21.2. The molecule has 3 rings (SSSR count). The maximum absolute atomic E-state index is 5.93. The minimum absolute atomic E-state index is 0. The number of rotatable bonds is 9. The third kappa shape index (κ3) is 7.75. The maximum atomic E-state index is 5.93. The Morgan fingerprint density at radius 1 is 1.03 bits per heavy atom. The van der Waals surface area contributed by atoms with E-state index in [1.165, 1.54) is 12.8 Å². The van der Waals surface area contributed by atoms with Gasteiger partial charge in [0.05, 0.1) is 20.8 Å². The van der Waals surface area contributed by atoms with E-state index in [0.29, 0.717) is 30.8 Å². The van der Waals surface area contributed by atoms with Crippen LogP contribution in [0, 0.1) is 0 Å². The van der Waals surface area contributed by atoms with E-state index < -0.39 is 0 Å². The zero-order valence-corrected chi connectivity index (χ0v) is 20.8. The number of pyridine rings is 1. The van der Waals surface area contributed by atoms with Crippen molar-refractivity contribution in [2.45, 2.75) is 51.8 Å². The first kappa shape index (κ1) is 25.0. The van der Waals surface area contributed by atoms with Gasteiger partial charge in [0, 0.05) is 25.4 Å². The average Bonchev–Trinajstić information content (AvgIpc) is 3.29. The molecule has 31 heavy (non-hydrogen) atoms. The Balaban J connectivity index is 0.00000341. The van der Waals surface area contributed by atoms with Crippen molar-refractivity contribution < 1.29 is 14.2 Å². The molecule has 1 aromatic carbocycles. The molecule has 2 aromatic rings. The van der Waals surface area contributed by atoms with Crippen molar-refractivity contribution in [1.29, 1.82) is 0 Å². The number of hydrogen-bond donors (Lipinski definition) is 2. The fourth-order valence-corrected chi connectivity index (χ4v) is 3.44. The van der Waals surface area contributed by atoms with Crippen molar-refractivity contribution in [1.82, 2.24) is 15.6 Å². The number of aromatic nitrogens is 1. The van der Waals surface area contributed by atoms with Crippen LogP contribution in [0.4, 0.5) is 0 Å². The van der Waals surface area contributed by atoms with Crippen molar-refractivity contribution in [2.24, 2.45) is 4.99 Å². The van der Waals surface area contributed by atoms with Crippen LogP contribution in [0.2, 0.25) is 0 Å². The molecule has 170 valence electrons. The van der Waals surface area contributed by atoms with Crippen LogP contribution >= 0.6 is 24.0 Å². The summed E-state index contributed by atoms with van der Waals surface area (Å²) in [4.78, 5) is 9.10. The van der Waals surface area contributed by atoms with Crippen LogP contribution in [0.1, 0.15) is 43.7 Å². The van der Waals surface area contributed by atoms with Gasteiger partial charge in [-0.3, -0.25) is 0 Å². The average molecular weight is 540 g/mol. The van der Waals surface area contributed by atoms with Gasteiger partial charge < -0.3 is 24.8 Å². The predicted octanol–water partition coefficient (Wildman–Crippen LogP) is 4.29. The zero-order valence-electron chi connectivity index (χ0n) is 18.5. The van der Waals surface area contributed by atoms with Gasteiger partial charge in [-0.2, -0.15) is 0 Å². The first-order valence-corrected chi connectivity index (χ1v) is 10.6. The summed E-state index contributed by atoms with van der Waals surface area (Å²) in [7, 11) is 3.27. The van der Waals surface area contributed by atoms with Gasteiger partial charge in [-0.25, -0.2) is 9.98 Å². The van der Waals surface area contributed by atoms with Gasteiger partial charge in [0.15, 0.2) is 17.5 Å². The van der Waals surface area contributed by atoms with Crippen LogP contribution < -0.4 is 24.8 Å². The molecule has 8 heteroatoms. The highest BCUT2D eigenvalue weighted by molar-refractivity contribution is 14.0.